The Labute approximate surface area is 659 Å². The van der Waals surface area contributed by atoms with Crippen molar-refractivity contribution in [1.29, 1.82) is 21.0 Å². The number of hydrogen-bond acceptors (Lipinski definition) is 16. The monoisotopic (exact) mass is 1880 g/mol. The SMILES string of the molecule is CC#N.CC#N.CC#N.CC#N.F[P-](F)(F)(F)(F)F.F[P-](F)(F)(F)(F)F.F[P-](F)(F)(F)(F)F.F[P-](F)(F)(F)(F)F.[Ru+2].[Ru+2].c1ccc(-c2cccc(-c3ccccn3)n2)nc1.c1ccc(-c2cccc(-c3ccccn3)n2)nc1.c1ccc(-c2cccc(-c3ccccn3)n2)nc1.c1ccc(-c2cccc(-c3ccccn3)n2)nc1. The molecule has 0 aromatic carbocycles. The Hall–Kier alpha value is -11.0. The minimum absolute atomic E-state index is 0. The van der Waals surface area contributed by atoms with Crippen LogP contribution < -0.4 is 0 Å². The first-order chi connectivity index (χ1) is 51.2. The topological polar surface area (TPSA) is 250 Å². The van der Waals surface area contributed by atoms with Crippen LogP contribution in [0.5, 0.6) is 0 Å². The van der Waals surface area contributed by atoms with E-state index in [-0.39, 0.29) is 39.0 Å². The Kier molecular flexibility index (Phi) is 38.9. The van der Waals surface area contributed by atoms with Crippen molar-refractivity contribution in [3.8, 4) is 115 Å². The summed E-state index contributed by atoms with van der Waals surface area (Å²) in [6.45, 7) is 5.72. The van der Waals surface area contributed by atoms with E-state index >= 15 is 0 Å². The van der Waals surface area contributed by atoms with Crippen LogP contribution in [0.15, 0.2) is 268 Å². The summed E-state index contributed by atoms with van der Waals surface area (Å²) in [5.74, 6) is 0. The van der Waals surface area contributed by atoms with Crippen molar-refractivity contribution < 1.29 is 140 Å². The molecule has 0 amide bonds. The van der Waals surface area contributed by atoms with Crippen molar-refractivity contribution in [2.75, 3.05) is 0 Å². The molecule has 0 fully saturated rings. The Morgan fingerprint density at radius 1 is 0.175 bits per heavy atom. The van der Waals surface area contributed by atoms with E-state index in [1.54, 1.807) is 73.9 Å². The van der Waals surface area contributed by atoms with Crippen LogP contribution in [0.2, 0.25) is 0 Å². The van der Waals surface area contributed by atoms with E-state index in [1.165, 1.54) is 27.7 Å². The number of nitrogens with zero attached hydrogens (tertiary/aromatic N) is 16. The minimum atomic E-state index is -10.7. The van der Waals surface area contributed by atoms with Crippen LogP contribution in [0.25, 0.3) is 91.1 Å². The third-order valence-electron chi connectivity index (χ3n) is 10.4. The smallest absolute Gasteiger partial charge is 0.255 e. The summed E-state index contributed by atoms with van der Waals surface area (Å²) in [6.07, 6.45) is 14.1. The van der Waals surface area contributed by atoms with Crippen LogP contribution in [0.3, 0.4) is 0 Å². The van der Waals surface area contributed by atoms with Crippen LogP contribution in [-0.4, -0.2) is 59.8 Å². The van der Waals surface area contributed by atoms with Gasteiger partial charge in [0, 0.05) is 77.3 Å². The van der Waals surface area contributed by atoms with Gasteiger partial charge in [0.15, 0.2) is 0 Å². The van der Waals surface area contributed by atoms with Crippen molar-refractivity contribution in [3.63, 3.8) is 0 Å². The molecule has 12 heterocycles. The Bertz CT molecular complexity index is 4100. The number of rotatable bonds is 8. The maximum absolute atomic E-state index is 10.7. The molecular formula is C68H56F24N16P4Ru2. The number of hydrogen-bond donors (Lipinski definition) is 0. The van der Waals surface area contributed by atoms with Gasteiger partial charge in [-0.3, -0.25) is 39.9 Å². The van der Waals surface area contributed by atoms with Gasteiger partial charge in [0.05, 0.1) is 115 Å². The Morgan fingerprint density at radius 3 is 0.325 bits per heavy atom. The van der Waals surface area contributed by atoms with Gasteiger partial charge in [-0.1, -0.05) is 72.8 Å². The molecule has 114 heavy (non-hydrogen) atoms. The van der Waals surface area contributed by atoms with E-state index in [9.17, 15) is 101 Å². The average molecular weight is 1880 g/mol. The first kappa shape index (κ1) is 105. The zero-order valence-electron chi connectivity index (χ0n) is 58.1. The van der Waals surface area contributed by atoms with Gasteiger partial charge in [0.25, 0.3) is 0 Å². The second kappa shape index (κ2) is 42.2. The van der Waals surface area contributed by atoms with Crippen molar-refractivity contribution in [2.24, 2.45) is 0 Å². The fraction of sp³-hybridized carbons (Fsp3) is 0.0588. The summed E-state index contributed by atoms with van der Waals surface area (Å²) in [7, 11) is -42.6. The molecule has 612 valence electrons. The Balaban J connectivity index is 0. The van der Waals surface area contributed by atoms with E-state index in [4.69, 9.17) is 21.0 Å². The summed E-state index contributed by atoms with van der Waals surface area (Å²) in [4.78, 5) is 52.8. The molecular weight excluding hydrogens is 1820 g/mol. The van der Waals surface area contributed by atoms with Crippen molar-refractivity contribution in [1.82, 2.24) is 59.8 Å². The first-order valence-corrected chi connectivity index (χ1v) is 38.0. The molecule has 0 aliphatic heterocycles. The molecule has 46 heteroatoms. The molecule has 12 aromatic heterocycles. The fourth-order valence-corrected chi connectivity index (χ4v) is 6.99. The zero-order valence-corrected chi connectivity index (χ0v) is 65.2. The second-order valence-electron chi connectivity index (χ2n) is 20.1. The molecule has 0 atom stereocenters. The quantitative estimate of drug-likeness (QED) is 0.0779. The molecule has 0 bridgehead atoms. The van der Waals surface area contributed by atoms with Crippen LogP contribution in [0, 0.1) is 45.3 Å². The molecule has 0 N–H and O–H groups in total. The van der Waals surface area contributed by atoms with Gasteiger partial charge < -0.3 is 0 Å². The predicted molar refractivity (Wildman–Crippen MR) is 382 cm³/mol. The second-order valence-corrected chi connectivity index (χ2v) is 27.7. The van der Waals surface area contributed by atoms with Gasteiger partial charge >= 0.3 is 171 Å². The van der Waals surface area contributed by atoms with Crippen LogP contribution in [-0.2, 0) is 39.0 Å². The fourth-order valence-electron chi connectivity index (χ4n) is 6.99. The summed E-state index contributed by atoms with van der Waals surface area (Å²) >= 11 is 0. The number of pyridine rings is 12. The summed E-state index contributed by atoms with van der Waals surface area (Å²) in [5, 5.41) is 29.3. The van der Waals surface area contributed by atoms with Crippen LogP contribution in [0.1, 0.15) is 27.7 Å². The third kappa shape index (κ3) is 64.7. The van der Waals surface area contributed by atoms with Gasteiger partial charge in [-0.2, -0.15) is 21.0 Å². The molecule has 0 unspecified atom stereocenters. The van der Waals surface area contributed by atoms with Crippen LogP contribution in [0.4, 0.5) is 101 Å². The van der Waals surface area contributed by atoms with E-state index < -0.39 is 31.2 Å². The van der Waals surface area contributed by atoms with Gasteiger partial charge in [-0.15, -0.1) is 0 Å². The molecule has 16 nitrogen and oxygen atoms in total. The molecule has 0 aliphatic rings. The molecule has 0 spiro atoms. The van der Waals surface area contributed by atoms with Crippen molar-refractivity contribution in [2.45, 2.75) is 27.7 Å². The van der Waals surface area contributed by atoms with Crippen LogP contribution >= 0.6 is 31.2 Å². The van der Waals surface area contributed by atoms with Gasteiger partial charge in [-0.25, -0.2) is 19.9 Å². The molecule has 12 rings (SSSR count). The van der Waals surface area contributed by atoms with Crippen molar-refractivity contribution >= 4 is 31.2 Å². The van der Waals surface area contributed by atoms with E-state index in [1.807, 2.05) is 218 Å². The summed E-state index contributed by atoms with van der Waals surface area (Å²) < 4.78 is 237. The normalized spacial score (nSPS) is 12.4. The largest absolute Gasteiger partial charge is 2.00 e. The maximum atomic E-state index is 9.87. The van der Waals surface area contributed by atoms with Gasteiger partial charge in [0.2, 0.25) is 0 Å². The van der Waals surface area contributed by atoms with E-state index in [2.05, 4.69) is 59.8 Å². The summed E-state index contributed by atoms with van der Waals surface area (Å²) in [6, 6.07) is 76.9. The number of aromatic nitrogens is 12. The summed E-state index contributed by atoms with van der Waals surface area (Å²) in [5.41, 5.74) is 13.8. The van der Waals surface area contributed by atoms with E-state index in [0.717, 1.165) is 91.1 Å². The predicted octanol–water partition coefficient (Wildman–Crippen LogP) is 28.5. The zero-order chi connectivity index (χ0) is 85.3. The van der Waals surface area contributed by atoms with E-state index in [0.29, 0.717) is 0 Å². The number of nitriles is 4. The molecule has 0 radical (unpaired) electrons. The average Bonchev–Trinajstić information content (AvgIpc) is 0.797. The van der Waals surface area contributed by atoms with Crippen molar-refractivity contribution in [3.05, 3.63) is 268 Å². The number of halogens is 24. The minimum Gasteiger partial charge on any atom is -0.255 e. The Morgan fingerprint density at radius 2 is 0.254 bits per heavy atom. The maximum Gasteiger partial charge on any atom is 2.00 e. The third-order valence-corrected chi connectivity index (χ3v) is 10.4. The molecule has 12 aromatic rings. The molecule has 0 saturated heterocycles. The standard InChI is InChI=1S/4C15H11N3.4C2H3N.4F6P.2Ru/c4*1-3-10-16-12(6-1)14-8-5-9-15(18-14)13-7-2-4-11-17-13;4*1-2-3;4*1-7(2,3,4,5)6;;/h4*1-11H;4*1H3;;;;;;/q;;;;;;;;4*-1;2*+2. The van der Waals surface area contributed by atoms with Gasteiger partial charge in [-0.05, 0) is 146 Å². The molecule has 0 aliphatic carbocycles. The first-order valence-electron chi connectivity index (χ1n) is 29.9. The molecule has 0 saturated carbocycles. The van der Waals surface area contributed by atoms with Gasteiger partial charge in [0.1, 0.15) is 0 Å².